The lowest BCUT2D eigenvalue weighted by Gasteiger charge is -2.34. The molecule has 0 aliphatic heterocycles. The molecule has 1 saturated carbocycles. The van der Waals surface area contributed by atoms with Crippen LogP contribution in [0.25, 0.3) is 0 Å². The molecule has 1 heteroatoms. The molecule has 1 nitrogen and oxygen atoms in total. The number of benzene rings is 1. The van der Waals surface area contributed by atoms with E-state index in [4.69, 9.17) is 0 Å². The lowest BCUT2D eigenvalue weighted by atomic mass is 9.75. The van der Waals surface area contributed by atoms with Crippen LogP contribution in [0.3, 0.4) is 0 Å². The van der Waals surface area contributed by atoms with Crippen LogP contribution in [0.5, 0.6) is 0 Å². The summed E-state index contributed by atoms with van der Waals surface area (Å²) in [6, 6.07) is 10.9. The first kappa shape index (κ1) is 13.2. The molecule has 1 N–H and O–H groups in total. The first-order chi connectivity index (χ1) is 8.66. The van der Waals surface area contributed by atoms with Crippen LogP contribution < -0.4 is 5.32 Å². The van der Waals surface area contributed by atoms with E-state index in [1.165, 1.54) is 25.7 Å². The van der Waals surface area contributed by atoms with Crippen LogP contribution in [0.4, 0.5) is 0 Å². The monoisotopic (exact) mass is 241 g/mol. The summed E-state index contributed by atoms with van der Waals surface area (Å²) < 4.78 is 0. The van der Waals surface area contributed by atoms with Crippen LogP contribution in [0.15, 0.2) is 30.3 Å². The summed E-state index contributed by atoms with van der Waals surface area (Å²) in [6.07, 6.45) is 5.24. The molecule has 18 heavy (non-hydrogen) atoms. The van der Waals surface area contributed by atoms with Crippen molar-refractivity contribution < 1.29 is 0 Å². The zero-order valence-corrected chi connectivity index (χ0v) is 11.5. The van der Waals surface area contributed by atoms with Gasteiger partial charge in [-0.1, -0.05) is 43.9 Å². The Morgan fingerprint density at radius 2 is 1.83 bits per heavy atom. The Morgan fingerprint density at radius 3 is 2.50 bits per heavy atom. The van der Waals surface area contributed by atoms with Gasteiger partial charge < -0.3 is 5.32 Å². The number of nitrogens with one attached hydrogen (secondary N) is 1. The second kappa shape index (κ2) is 6.07. The molecule has 1 aromatic rings. The third kappa shape index (κ3) is 4.20. The summed E-state index contributed by atoms with van der Waals surface area (Å²) in [6.45, 7) is 5.55. The van der Waals surface area contributed by atoms with Gasteiger partial charge in [-0.15, -0.1) is 0 Å². The van der Waals surface area contributed by atoms with Crippen molar-refractivity contribution in [3.63, 3.8) is 0 Å². The lowest BCUT2D eigenvalue weighted by molar-refractivity contribution is 0.209. The van der Waals surface area contributed by atoms with Crippen LogP contribution in [-0.4, -0.2) is 12.6 Å². The van der Waals surface area contributed by atoms with Crippen LogP contribution in [-0.2, 0) is 0 Å². The molecule has 0 saturated heterocycles. The van der Waals surface area contributed by atoms with Gasteiger partial charge in [0.1, 0.15) is 0 Å². The Bertz CT molecular complexity index is 412. The third-order valence-corrected chi connectivity index (χ3v) is 3.82. The summed E-state index contributed by atoms with van der Waals surface area (Å²) in [7, 11) is 0. The fourth-order valence-corrected chi connectivity index (χ4v) is 2.47. The highest BCUT2D eigenvalue weighted by Crippen LogP contribution is 2.34. The van der Waals surface area contributed by atoms with Gasteiger partial charge in [-0.05, 0) is 43.2 Å². The molecule has 0 unspecified atom stereocenters. The predicted molar refractivity (Wildman–Crippen MR) is 77.4 cm³/mol. The summed E-state index contributed by atoms with van der Waals surface area (Å²) in [4.78, 5) is 0. The molecule has 0 spiro atoms. The average molecular weight is 241 g/mol. The van der Waals surface area contributed by atoms with Crippen molar-refractivity contribution in [2.75, 3.05) is 6.54 Å². The molecule has 1 aromatic carbocycles. The molecular weight excluding hydrogens is 218 g/mol. The number of rotatable bonds is 2. The van der Waals surface area contributed by atoms with Crippen LogP contribution >= 0.6 is 0 Å². The maximum atomic E-state index is 3.56. The summed E-state index contributed by atoms with van der Waals surface area (Å²) in [5.74, 6) is 6.40. The normalized spacial score (nSPS) is 19.0. The van der Waals surface area contributed by atoms with Crippen molar-refractivity contribution in [3.05, 3.63) is 35.9 Å². The van der Waals surface area contributed by atoms with Crippen molar-refractivity contribution in [2.24, 2.45) is 5.41 Å². The molecule has 0 aromatic heterocycles. The standard InChI is InChI=1S/C17H23N/c1-17(2)12-10-16(11-13-17)18-14-6-9-15-7-4-3-5-8-15/h3-5,7-8,16,18H,10-14H2,1-2H3. The Kier molecular flexibility index (Phi) is 4.44. The van der Waals surface area contributed by atoms with Crippen molar-refractivity contribution in [1.82, 2.24) is 5.32 Å². The zero-order chi connectivity index (χ0) is 12.8. The van der Waals surface area contributed by atoms with E-state index in [-0.39, 0.29) is 0 Å². The molecule has 0 bridgehead atoms. The predicted octanol–water partition coefficient (Wildman–Crippen LogP) is 3.60. The minimum absolute atomic E-state index is 0.550. The largest absolute Gasteiger partial charge is 0.303 e. The highest BCUT2D eigenvalue weighted by molar-refractivity contribution is 5.33. The van der Waals surface area contributed by atoms with Gasteiger partial charge in [-0.2, -0.15) is 0 Å². The molecule has 1 aliphatic carbocycles. The molecule has 0 atom stereocenters. The van der Waals surface area contributed by atoms with E-state index in [0.29, 0.717) is 11.5 Å². The van der Waals surface area contributed by atoms with E-state index in [2.05, 4.69) is 43.1 Å². The van der Waals surface area contributed by atoms with Crippen molar-refractivity contribution >= 4 is 0 Å². The second-order valence-electron chi connectivity index (χ2n) is 5.99. The van der Waals surface area contributed by atoms with Gasteiger partial charge in [0, 0.05) is 11.6 Å². The number of hydrogen-bond acceptors (Lipinski definition) is 1. The zero-order valence-electron chi connectivity index (χ0n) is 11.5. The second-order valence-corrected chi connectivity index (χ2v) is 5.99. The lowest BCUT2D eigenvalue weighted by Crippen LogP contribution is -2.35. The van der Waals surface area contributed by atoms with Gasteiger partial charge in [0.25, 0.3) is 0 Å². The van der Waals surface area contributed by atoms with Gasteiger partial charge in [-0.3, -0.25) is 0 Å². The van der Waals surface area contributed by atoms with Crippen LogP contribution in [0.2, 0.25) is 0 Å². The summed E-state index contributed by atoms with van der Waals surface area (Å²) >= 11 is 0. The minimum atomic E-state index is 0.550. The van der Waals surface area contributed by atoms with Crippen molar-refractivity contribution in [1.29, 1.82) is 0 Å². The Hall–Kier alpha value is -1.26. The Labute approximate surface area is 111 Å². The van der Waals surface area contributed by atoms with Gasteiger partial charge in [0.15, 0.2) is 0 Å². The fourth-order valence-electron chi connectivity index (χ4n) is 2.47. The van der Waals surface area contributed by atoms with E-state index >= 15 is 0 Å². The molecule has 0 radical (unpaired) electrons. The van der Waals surface area contributed by atoms with Gasteiger partial charge in [-0.25, -0.2) is 0 Å². The summed E-state index contributed by atoms with van der Waals surface area (Å²) in [5.41, 5.74) is 1.65. The Balaban J connectivity index is 1.72. The maximum absolute atomic E-state index is 3.56. The molecular formula is C17H23N. The first-order valence-electron chi connectivity index (χ1n) is 6.93. The van der Waals surface area contributed by atoms with E-state index in [1.807, 2.05) is 18.2 Å². The van der Waals surface area contributed by atoms with Gasteiger partial charge >= 0.3 is 0 Å². The molecule has 96 valence electrons. The molecule has 2 rings (SSSR count). The quantitative estimate of drug-likeness (QED) is 0.780. The molecule has 1 aliphatic rings. The van der Waals surface area contributed by atoms with E-state index in [0.717, 1.165) is 12.1 Å². The molecule has 1 fully saturated rings. The van der Waals surface area contributed by atoms with Crippen molar-refractivity contribution in [2.45, 2.75) is 45.6 Å². The number of hydrogen-bond donors (Lipinski definition) is 1. The van der Waals surface area contributed by atoms with Gasteiger partial charge in [0.2, 0.25) is 0 Å². The van der Waals surface area contributed by atoms with Gasteiger partial charge in [0.05, 0.1) is 6.54 Å². The topological polar surface area (TPSA) is 12.0 Å². The van der Waals surface area contributed by atoms with E-state index < -0.39 is 0 Å². The molecule has 0 amide bonds. The van der Waals surface area contributed by atoms with Crippen LogP contribution in [0, 0.1) is 17.3 Å². The SMILES string of the molecule is CC1(C)CCC(NCC#Cc2ccccc2)CC1. The minimum Gasteiger partial charge on any atom is -0.303 e. The smallest absolute Gasteiger partial charge is 0.0582 e. The van der Waals surface area contributed by atoms with Crippen LogP contribution in [0.1, 0.15) is 45.1 Å². The highest BCUT2D eigenvalue weighted by Gasteiger charge is 2.25. The fraction of sp³-hybridized carbons (Fsp3) is 0.529. The molecule has 0 heterocycles. The summed E-state index contributed by atoms with van der Waals surface area (Å²) in [5, 5.41) is 3.56. The van der Waals surface area contributed by atoms with E-state index in [1.54, 1.807) is 0 Å². The maximum Gasteiger partial charge on any atom is 0.0582 e. The van der Waals surface area contributed by atoms with Crippen molar-refractivity contribution in [3.8, 4) is 11.8 Å². The van der Waals surface area contributed by atoms with E-state index in [9.17, 15) is 0 Å². The average Bonchev–Trinajstić information content (AvgIpc) is 2.37. The highest BCUT2D eigenvalue weighted by atomic mass is 14.9. The third-order valence-electron chi connectivity index (χ3n) is 3.82. The first-order valence-corrected chi connectivity index (χ1v) is 6.93. The Morgan fingerprint density at radius 1 is 1.17 bits per heavy atom.